The van der Waals surface area contributed by atoms with Crippen LogP contribution in [0.1, 0.15) is 36.8 Å². The lowest BCUT2D eigenvalue weighted by molar-refractivity contribution is 0.102. The molecule has 3 heterocycles. The van der Waals surface area contributed by atoms with Crippen molar-refractivity contribution < 1.29 is 4.79 Å². The minimum atomic E-state index is -0.338. The molecule has 0 aliphatic carbocycles. The van der Waals surface area contributed by atoms with Gasteiger partial charge in [-0.05, 0) is 62.7 Å². The van der Waals surface area contributed by atoms with Gasteiger partial charge >= 0.3 is 0 Å². The Kier molecular flexibility index (Phi) is 4.76. The number of carbonyl (C=O) groups excluding carboxylic acids is 1. The molecule has 0 atom stereocenters. The van der Waals surface area contributed by atoms with E-state index in [0.29, 0.717) is 22.2 Å². The lowest BCUT2D eigenvalue weighted by Gasteiger charge is -2.18. The van der Waals surface area contributed by atoms with Gasteiger partial charge in [-0.3, -0.25) is 19.4 Å². The summed E-state index contributed by atoms with van der Waals surface area (Å²) in [6.45, 7) is 6.23. The van der Waals surface area contributed by atoms with Gasteiger partial charge in [0.2, 0.25) is 0 Å². The number of nitrogens with zero attached hydrogens (tertiary/aromatic N) is 5. The van der Waals surface area contributed by atoms with E-state index in [-0.39, 0.29) is 17.1 Å². The number of nitrogens with one attached hydrogen (secondary N) is 1. The van der Waals surface area contributed by atoms with Crippen LogP contribution in [0.2, 0.25) is 0 Å². The zero-order valence-electron chi connectivity index (χ0n) is 16.9. The summed E-state index contributed by atoms with van der Waals surface area (Å²) in [6, 6.07) is 12.7. The first kappa shape index (κ1) is 19.3. The van der Waals surface area contributed by atoms with Crippen LogP contribution in [0.5, 0.6) is 0 Å². The Labute approximate surface area is 174 Å². The molecule has 0 spiro atoms. The van der Waals surface area contributed by atoms with Gasteiger partial charge in [-0.25, -0.2) is 0 Å². The standard InChI is InChI=1S/C23H20N6O/c1-23(2,3)29-14-17(13-27-29)15-8-10-25-20(11-15)22(30)28-19-7-6-16(12-24)21-18(19)5-4-9-26-21/h4-11,13-14H,1-3H3,(H,28,30). The SMILES string of the molecule is CC(C)(C)n1cc(-c2ccnc(C(=O)Nc3ccc(C#N)c4ncccc34)c2)cn1. The number of hydrogen-bond acceptors (Lipinski definition) is 5. The Morgan fingerprint density at radius 3 is 2.67 bits per heavy atom. The summed E-state index contributed by atoms with van der Waals surface area (Å²) in [4.78, 5) is 21.4. The first-order valence-corrected chi connectivity index (χ1v) is 9.47. The smallest absolute Gasteiger partial charge is 0.274 e. The number of aromatic nitrogens is 4. The molecule has 7 nitrogen and oxygen atoms in total. The molecule has 0 saturated heterocycles. The number of anilines is 1. The predicted molar refractivity (Wildman–Crippen MR) is 115 cm³/mol. The molecular weight excluding hydrogens is 376 g/mol. The minimum absolute atomic E-state index is 0.129. The molecule has 30 heavy (non-hydrogen) atoms. The number of amides is 1. The summed E-state index contributed by atoms with van der Waals surface area (Å²) >= 11 is 0. The Bertz CT molecular complexity index is 1290. The monoisotopic (exact) mass is 396 g/mol. The summed E-state index contributed by atoms with van der Waals surface area (Å²) in [5, 5.41) is 17.3. The van der Waals surface area contributed by atoms with Gasteiger partial charge in [0.05, 0.1) is 28.5 Å². The highest BCUT2D eigenvalue weighted by Crippen LogP contribution is 2.26. The van der Waals surface area contributed by atoms with Crippen molar-refractivity contribution in [3.8, 4) is 17.2 Å². The minimum Gasteiger partial charge on any atom is -0.320 e. The van der Waals surface area contributed by atoms with Crippen LogP contribution in [-0.2, 0) is 5.54 Å². The third-order valence-electron chi connectivity index (χ3n) is 4.73. The molecule has 0 saturated carbocycles. The van der Waals surface area contributed by atoms with Crippen LogP contribution in [0.25, 0.3) is 22.0 Å². The van der Waals surface area contributed by atoms with Gasteiger partial charge in [-0.15, -0.1) is 0 Å². The van der Waals surface area contributed by atoms with Gasteiger partial charge in [0.1, 0.15) is 11.8 Å². The van der Waals surface area contributed by atoms with Gasteiger partial charge in [0.15, 0.2) is 0 Å². The Morgan fingerprint density at radius 2 is 1.93 bits per heavy atom. The van der Waals surface area contributed by atoms with Crippen LogP contribution >= 0.6 is 0 Å². The maximum Gasteiger partial charge on any atom is 0.274 e. The highest BCUT2D eigenvalue weighted by atomic mass is 16.1. The average molecular weight is 396 g/mol. The van der Waals surface area contributed by atoms with Crippen LogP contribution in [0, 0.1) is 11.3 Å². The summed E-state index contributed by atoms with van der Waals surface area (Å²) in [5.74, 6) is -0.338. The average Bonchev–Trinajstić information content (AvgIpc) is 3.25. The van der Waals surface area contributed by atoms with Crippen LogP contribution in [-0.4, -0.2) is 25.7 Å². The molecule has 1 amide bonds. The number of nitriles is 1. The molecule has 1 aromatic carbocycles. The Balaban J connectivity index is 1.64. The van der Waals surface area contributed by atoms with Gasteiger partial charge in [-0.2, -0.15) is 10.4 Å². The van der Waals surface area contributed by atoms with Gasteiger partial charge in [0.25, 0.3) is 5.91 Å². The number of pyridine rings is 2. The first-order chi connectivity index (χ1) is 14.4. The van der Waals surface area contributed by atoms with Crippen molar-refractivity contribution in [1.82, 2.24) is 19.7 Å². The normalized spacial score (nSPS) is 11.3. The third kappa shape index (κ3) is 3.63. The quantitative estimate of drug-likeness (QED) is 0.554. The molecule has 4 aromatic rings. The molecule has 3 aromatic heterocycles. The zero-order valence-corrected chi connectivity index (χ0v) is 16.9. The third-order valence-corrected chi connectivity index (χ3v) is 4.73. The maximum absolute atomic E-state index is 12.9. The number of fused-ring (bicyclic) bond motifs is 1. The van der Waals surface area contributed by atoms with Crippen LogP contribution < -0.4 is 5.32 Å². The van der Waals surface area contributed by atoms with Crippen LogP contribution in [0.3, 0.4) is 0 Å². The Hall–Kier alpha value is -4.05. The number of hydrogen-bond donors (Lipinski definition) is 1. The summed E-state index contributed by atoms with van der Waals surface area (Å²) < 4.78 is 1.89. The molecule has 0 aliphatic heterocycles. The second-order valence-corrected chi connectivity index (χ2v) is 7.90. The van der Waals surface area contributed by atoms with E-state index in [9.17, 15) is 10.1 Å². The highest BCUT2D eigenvalue weighted by Gasteiger charge is 2.16. The number of rotatable bonds is 3. The molecule has 0 bridgehead atoms. The van der Waals surface area contributed by atoms with E-state index in [4.69, 9.17) is 0 Å². The van der Waals surface area contributed by atoms with Gasteiger partial charge < -0.3 is 5.32 Å². The lowest BCUT2D eigenvalue weighted by Crippen LogP contribution is -2.21. The maximum atomic E-state index is 12.9. The highest BCUT2D eigenvalue weighted by molar-refractivity contribution is 6.08. The van der Waals surface area contributed by atoms with E-state index >= 15 is 0 Å². The second-order valence-electron chi connectivity index (χ2n) is 7.90. The van der Waals surface area contributed by atoms with Crippen molar-refractivity contribution in [2.75, 3.05) is 5.32 Å². The van der Waals surface area contributed by atoms with Crippen molar-refractivity contribution in [2.24, 2.45) is 0 Å². The van der Waals surface area contributed by atoms with Gasteiger partial charge in [0, 0.05) is 29.5 Å². The molecule has 0 aliphatic rings. The molecule has 0 unspecified atom stereocenters. The molecule has 0 fully saturated rings. The first-order valence-electron chi connectivity index (χ1n) is 9.47. The number of carbonyl (C=O) groups is 1. The van der Waals surface area contributed by atoms with Crippen molar-refractivity contribution in [3.63, 3.8) is 0 Å². The number of benzene rings is 1. The van der Waals surface area contributed by atoms with E-state index in [1.165, 1.54) is 0 Å². The van der Waals surface area contributed by atoms with Crippen LogP contribution in [0.4, 0.5) is 5.69 Å². The van der Waals surface area contributed by atoms with E-state index < -0.39 is 0 Å². The molecule has 0 radical (unpaired) electrons. The second kappa shape index (κ2) is 7.41. The zero-order chi connectivity index (χ0) is 21.3. The van der Waals surface area contributed by atoms with Crippen molar-refractivity contribution >= 4 is 22.5 Å². The fourth-order valence-electron chi connectivity index (χ4n) is 3.13. The predicted octanol–water partition coefficient (Wildman–Crippen LogP) is 4.37. The largest absolute Gasteiger partial charge is 0.320 e. The van der Waals surface area contributed by atoms with E-state index in [2.05, 4.69) is 47.2 Å². The molecule has 4 rings (SSSR count). The van der Waals surface area contributed by atoms with E-state index in [1.807, 2.05) is 23.0 Å². The van der Waals surface area contributed by atoms with E-state index in [0.717, 1.165) is 11.1 Å². The van der Waals surface area contributed by atoms with Gasteiger partial charge in [-0.1, -0.05) is 0 Å². The molecule has 148 valence electrons. The fourth-order valence-corrected chi connectivity index (χ4v) is 3.13. The molecular formula is C23H20N6O. The summed E-state index contributed by atoms with van der Waals surface area (Å²) in [6.07, 6.45) is 6.97. The summed E-state index contributed by atoms with van der Waals surface area (Å²) in [5.41, 5.74) is 3.52. The summed E-state index contributed by atoms with van der Waals surface area (Å²) in [7, 11) is 0. The van der Waals surface area contributed by atoms with Crippen molar-refractivity contribution in [1.29, 1.82) is 5.26 Å². The molecule has 1 N–H and O–H groups in total. The van der Waals surface area contributed by atoms with E-state index in [1.54, 1.807) is 42.9 Å². The fraction of sp³-hybridized carbons (Fsp3) is 0.174. The molecule has 7 heteroatoms. The topological polar surface area (TPSA) is 96.5 Å². The van der Waals surface area contributed by atoms with Crippen LogP contribution in [0.15, 0.2) is 61.2 Å². The lowest BCUT2D eigenvalue weighted by atomic mass is 10.1. The van der Waals surface area contributed by atoms with Crippen molar-refractivity contribution in [3.05, 3.63) is 72.4 Å². The van der Waals surface area contributed by atoms with Crippen molar-refractivity contribution in [2.45, 2.75) is 26.3 Å². The Morgan fingerprint density at radius 1 is 1.10 bits per heavy atom.